The molecule has 0 aliphatic carbocycles. The van der Waals surface area contributed by atoms with Crippen LogP contribution in [0.4, 0.5) is 0 Å². The summed E-state index contributed by atoms with van der Waals surface area (Å²) in [5.41, 5.74) is 2.01. The number of hydrogen-bond donors (Lipinski definition) is 2. The molecule has 0 unspecified atom stereocenters. The van der Waals surface area contributed by atoms with Crippen LogP contribution in [0.15, 0.2) is 24.3 Å². The number of hydrogen-bond acceptors (Lipinski definition) is 2. The highest BCUT2D eigenvalue weighted by Crippen LogP contribution is 2.10. The monoisotopic (exact) mass is 231 g/mol. The van der Waals surface area contributed by atoms with Crippen LogP contribution in [0.5, 0.6) is 0 Å². The van der Waals surface area contributed by atoms with Crippen LogP contribution in [0, 0.1) is 5.92 Å². The summed E-state index contributed by atoms with van der Waals surface area (Å²) < 4.78 is 0. The molecule has 4 nitrogen and oxygen atoms in total. The number of H-pyrrole nitrogens is 1. The van der Waals surface area contributed by atoms with Gasteiger partial charge in [-0.1, -0.05) is 26.0 Å². The molecular weight excluding hydrogens is 214 g/mol. The zero-order chi connectivity index (χ0) is 12.3. The van der Waals surface area contributed by atoms with Crippen molar-refractivity contribution in [2.75, 3.05) is 6.54 Å². The van der Waals surface area contributed by atoms with Gasteiger partial charge in [-0.15, -0.1) is 0 Å². The molecule has 0 saturated carbocycles. The minimum atomic E-state index is 0.0330. The smallest absolute Gasteiger partial charge is 0.222 e. The Morgan fingerprint density at radius 3 is 2.88 bits per heavy atom. The van der Waals surface area contributed by atoms with E-state index in [-0.39, 0.29) is 11.8 Å². The van der Waals surface area contributed by atoms with E-state index in [0.717, 1.165) is 23.3 Å². The van der Waals surface area contributed by atoms with E-state index in [1.807, 2.05) is 38.1 Å². The highest BCUT2D eigenvalue weighted by Gasteiger charge is 2.06. The van der Waals surface area contributed by atoms with Gasteiger partial charge in [0.15, 0.2) is 0 Å². The quantitative estimate of drug-likeness (QED) is 0.844. The Bertz CT molecular complexity index is 483. The van der Waals surface area contributed by atoms with Gasteiger partial charge in [0.1, 0.15) is 5.82 Å². The molecule has 1 aromatic heterocycles. The van der Waals surface area contributed by atoms with E-state index in [0.29, 0.717) is 6.54 Å². The number of fused-ring (bicyclic) bond motifs is 1. The Hall–Kier alpha value is -1.84. The van der Waals surface area contributed by atoms with Crippen molar-refractivity contribution in [1.29, 1.82) is 0 Å². The van der Waals surface area contributed by atoms with Gasteiger partial charge in [-0.25, -0.2) is 4.98 Å². The maximum absolute atomic E-state index is 11.4. The molecule has 2 N–H and O–H groups in total. The van der Waals surface area contributed by atoms with Crippen molar-refractivity contribution < 1.29 is 4.79 Å². The van der Waals surface area contributed by atoms with Crippen molar-refractivity contribution in [2.24, 2.45) is 5.92 Å². The summed E-state index contributed by atoms with van der Waals surface area (Å²) in [4.78, 5) is 19.0. The number of aromatic nitrogens is 2. The van der Waals surface area contributed by atoms with E-state index in [1.54, 1.807) is 0 Å². The Labute approximate surface area is 100 Å². The highest BCUT2D eigenvalue weighted by atomic mass is 16.1. The van der Waals surface area contributed by atoms with E-state index in [2.05, 4.69) is 15.3 Å². The molecule has 1 heterocycles. The van der Waals surface area contributed by atoms with Gasteiger partial charge in [0.05, 0.1) is 11.0 Å². The molecule has 90 valence electrons. The number of imidazole rings is 1. The predicted molar refractivity (Wildman–Crippen MR) is 67.6 cm³/mol. The first-order valence-corrected chi connectivity index (χ1v) is 5.88. The van der Waals surface area contributed by atoms with E-state index in [1.165, 1.54) is 0 Å². The summed E-state index contributed by atoms with van der Waals surface area (Å²) in [6.45, 7) is 4.39. The number of nitrogens with one attached hydrogen (secondary N) is 2. The summed E-state index contributed by atoms with van der Waals surface area (Å²) in [5, 5.41) is 2.88. The summed E-state index contributed by atoms with van der Waals surface area (Å²) in [6, 6.07) is 7.92. The third-order valence-corrected chi connectivity index (χ3v) is 2.62. The fraction of sp³-hybridized carbons (Fsp3) is 0.385. The lowest BCUT2D eigenvalue weighted by Gasteiger charge is -2.05. The standard InChI is InChI=1S/C13H17N3O/c1-9(2)13(17)14-8-7-12-15-10-5-3-4-6-11(10)16-12/h3-6,9H,7-8H2,1-2H3,(H,14,17)(H,15,16). The fourth-order valence-electron chi connectivity index (χ4n) is 1.63. The van der Waals surface area contributed by atoms with Crippen LogP contribution < -0.4 is 5.32 Å². The minimum absolute atomic E-state index is 0.0330. The molecule has 17 heavy (non-hydrogen) atoms. The number of carbonyl (C=O) groups is 1. The van der Waals surface area contributed by atoms with Crippen molar-refractivity contribution in [2.45, 2.75) is 20.3 Å². The van der Waals surface area contributed by atoms with Crippen LogP contribution in [0.3, 0.4) is 0 Å². The number of para-hydroxylation sites is 2. The predicted octanol–water partition coefficient (Wildman–Crippen LogP) is 1.88. The Kier molecular flexibility index (Phi) is 3.42. The lowest BCUT2D eigenvalue weighted by atomic mass is 10.2. The first-order valence-electron chi connectivity index (χ1n) is 5.88. The van der Waals surface area contributed by atoms with Gasteiger partial charge in [0, 0.05) is 18.9 Å². The van der Waals surface area contributed by atoms with Crippen LogP contribution >= 0.6 is 0 Å². The molecule has 0 bridgehead atoms. The molecule has 0 fully saturated rings. The van der Waals surface area contributed by atoms with Gasteiger partial charge in [0.25, 0.3) is 0 Å². The molecule has 0 aliphatic rings. The van der Waals surface area contributed by atoms with Gasteiger partial charge < -0.3 is 10.3 Å². The Morgan fingerprint density at radius 2 is 2.18 bits per heavy atom. The molecule has 1 amide bonds. The molecular formula is C13H17N3O. The molecule has 4 heteroatoms. The zero-order valence-corrected chi connectivity index (χ0v) is 10.2. The summed E-state index contributed by atoms with van der Waals surface area (Å²) in [6.07, 6.45) is 0.729. The van der Waals surface area contributed by atoms with E-state index < -0.39 is 0 Å². The lowest BCUT2D eigenvalue weighted by Crippen LogP contribution is -2.29. The van der Waals surface area contributed by atoms with E-state index >= 15 is 0 Å². The van der Waals surface area contributed by atoms with Crippen LogP contribution in [-0.2, 0) is 11.2 Å². The summed E-state index contributed by atoms with van der Waals surface area (Å²) >= 11 is 0. The van der Waals surface area contributed by atoms with Crippen LogP contribution in [0.1, 0.15) is 19.7 Å². The van der Waals surface area contributed by atoms with Crippen molar-refractivity contribution in [3.8, 4) is 0 Å². The van der Waals surface area contributed by atoms with Crippen LogP contribution in [0.2, 0.25) is 0 Å². The SMILES string of the molecule is CC(C)C(=O)NCCc1nc2ccccc2[nH]1. The molecule has 0 radical (unpaired) electrons. The van der Waals surface area contributed by atoms with Crippen LogP contribution in [-0.4, -0.2) is 22.4 Å². The average molecular weight is 231 g/mol. The minimum Gasteiger partial charge on any atom is -0.355 e. The molecule has 0 aliphatic heterocycles. The normalized spacial score (nSPS) is 11.0. The van der Waals surface area contributed by atoms with Gasteiger partial charge in [-0.2, -0.15) is 0 Å². The lowest BCUT2D eigenvalue weighted by molar-refractivity contribution is -0.123. The number of rotatable bonds is 4. The maximum Gasteiger partial charge on any atom is 0.222 e. The molecule has 0 atom stereocenters. The van der Waals surface area contributed by atoms with Crippen molar-refractivity contribution in [3.05, 3.63) is 30.1 Å². The zero-order valence-electron chi connectivity index (χ0n) is 10.2. The molecule has 1 aromatic carbocycles. The van der Waals surface area contributed by atoms with Gasteiger partial charge in [0.2, 0.25) is 5.91 Å². The number of aromatic amines is 1. The molecule has 0 saturated heterocycles. The largest absolute Gasteiger partial charge is 0.355 e. The first kappa shape index (κ1) is 11.6. The van der Waals surface area contributed by atoms with Crippen molar-refractivity contribution in [1.82, 2.24) is 15.3 Å². The Morgan fingerprint density at radius 1 is 1.41 bits per heavy atom. The third kappa shape index (κ3) is 2.84. The molecule has 2 aromatic rings. The summed E-state index contributed by atoms with van der Waals surface area (Å²) in [7, 11) is 0. The van der Waals surface area contributed by atoms with Gasteiger partial charge >= 0.3 is 0 Å². The number of amides is 1. The molecule has 0 spiro atoms. The van der Waals surface area contributed by atoms with Gasteiger partial charge in [-0.05, 0) is 12.1 Å². The second-order valence-corrected chi connectivity index (χ2v) is 4.40. The second-order valence-electron chi connectivity index (χ2n) is 4.40. The number of nitrogens with zero attached hydrogens (tertiary/aromatic N) is 1. The third-order valence-electron chi connectivity index (χ3n) is 2.62. The second kappa shape index (κ2) is 4.99. The van der Waals surface area contributed by atoms with E-state index in [4.69, 9.17) is 0 Å². The highest BCUT2D eigenvalue weighted by molar-refractivity contribution is 5.77. The average Bonchev–Trinajstić information content (AvgIpc) is 2.71. The topological polar surface area (TPSA) is 57.8 Å². The van der Waals surface area contributed by atoms with Crippen molar-refractivity contribution in [3.63, 3.8) is 0 Å². The first-order chi connectivity index (χ1) is 8.16. The summed E-state index contributed by atoms with van der Waals surface area (Å²) in [5.74, 6) is 1.03. The maximum atomic E-state index is 11.4. The van der Waals surface area contributed by atoms with Gasteiger partial charge in [-0.3, -0.25) is 4.79 Å². The van der Waals surface area contributed by atoms with E-state index in [9.17, 15) is 4.79 Å². The Balaban J connectivity index is 1.93. The van der Waals surface area contributed by atoms with Crippen molar-refractivity contribution >= 4 is 16.9 Å². The number of carbonyl (C=O) groups excluding carboxylic acids is 1. The number of benzene rings is 1. The van der Waals surface area contributed by atoms with Crippen LogP contribution in [0.25, 0.3) is 11.0 Å². The molecule has 2 rings (SSSR count). The fourth-order valence-corrected chi connectivity index (χ4v) is 1.63.